The maximum atomic E-state index is 12.3. The van der Waals surface area contributed by atoms with E-state index in [-0.39, 0.29) is 17.7 Å². The van der Waals surface area contributed by atoms with E-state index in [2.05, 4.69) is 20.5 Å². The van der Waals surface area contributed by atoms with Gasteiger partial charge in [-0.3, -0.25) is 9.59 Å². The van der Waals surface area contributed by atoms with Gasteiger partial charge in [0.25, 0.3) is 5.91 Å². The fourth-order valence-electron chi connectivity index (χ4n) is 2.95. The van der Waals surface area contributed by atoms with Crippen LogP contribution in [0.3, 0.4) is 0 Å². The molecule has 8 nitrogen and oxygen atoms in total. The van der Waals surface area contributed by atoms with Crippen molar-refractivity contribution in [3.05, 3.63) is 36.5 Å². The molecule has 134 valence electrons. The molecule has 1 saturated heterocycles. The molecule has 2 amide bonds. The number of carbonyl (C=O) groups is 2. The van der Waals surface area contributed by atoms with E-state index in [4.69, 9.17) is 4.42 Å². The highest BCUT2D eigenvalue weighted by Gasteiger charge is 2.25. The number of amides is 2. The summed E-state index contributed by atoms with van der Waals surface area (Å²) in [5, 5.41) is 5.65. The van der Waals surface area contributed by atoms with E-state index in [1.54, 1.807) is 25.3 Å². The van der Waals surface area contributed by atoms with Gasteiger partial charge in [0.15, 0.2) is 5.76 Å². The summed E-state index contributed by atoms with van der Waals surface area (Å²) in [7, 11) is 1.97. The van der Waals surface area contributed by atoms with Crippen molar-refractivity contribution in [2.45, 2.75) is 31.8 Å². The Morgan fingerprint density at radius 3 is 2.72 bits per heavy atom. The molecule has 1 aliphatic rings. The summed E-state index contributed by atoms with van der Waals surface area (Å²) in [6.07, 6.45) is 6.82. The smallest absolute Gasteiger partial charge is 0.287 e. The molecule has 0 unspecified atom stereocenters. The number of hydrogen-bond acceptors (Lipinski definition) is 5. The third-order valence-electron chi connectivity index (χ3n) is 4.41. The Hall–Kier alpha value is -2.77. The van der Waals surface area contributed by atoms with E-state index in [1.807, 2.05) is 17.8 Å². The minimum Gasteiger partial charge on any atom is -0.459 e. The summed E-state index contributed by atoms with van der Waals surface area (Å²) >= 11 is 0. The highest BCUT2D eigenvalue weighted by atomic mass is 16.3. The van der Waals surface area contributed by atoms with Gasteiger partial charge in [0.05, 0.1) is 6.26 Å². The van der Waals surface area contributed by atoms with Crippen LogP contribution in [0.4, 0.5) is 5.95 Å². The largest absolute Gasteiger partial charge is 0.459 e. The lowest BCUT2D eigenvalue weighted by atomic mass is 10.0. The third kappa shape index (κ3) is 4.01. The SMILES string of the molecule is C[C@H](NC(=O)c1ccco1)C(=O)NC1CCN(c2nccn2C)CC1. The molecule has 8 heteroatoms. The van der Waals surface area contributed by atoms with Crippen LogP contribution in [0.2, 0.25) is 0 Å². The molecule has 0 radical (unpaired) electrons. The van der Waals surface area contributed by atoms with Gasteiger partial charge in [-0.1, -0.05) is 0 Å². The van der Waals surface area contributed by atoms with Crippen LogP contribution >= 0.6 is 0 Å². The normalized spacial score (nSPS) is 16.5. The molecule has 2 aromatic rings. The molecule has 0 spiro atoms. The topological polar surface area (TPSA) is 92.4 Å². The highest BCUT2D eigenvalue weighted by molar-refractivity contribution is 5.95. The zero-order chi connectivity index (χ0) is 17.8. The van der Waals surface area contributed by atoms with Crippen molar-refractivity contribution in [2.75, 3.05) is 18.0 Å². The lowest BCUT2D eigenvalue weighted by molar-refractivity contribution is -0.123. The van der Waals surface area contributed by atoms with Gasteiger partial charge >= 0.3 is 0 Å². The minimum atomic E-state index is -0.620. The van der Waals surface area contributed by atoms with Gasteiger partial charge in [0, 0.05) is 38.6 Å². The maximum absolute atomic E-state index is 12.3. The van der Waals surface area contributed by atoms with Gasteiger partial charge in [-0.15, -0.1) is 0 Å². The number of rotatable bonds is 5. The average molecular weight is 345 g/mol. The molecule has 0 bridgehead atoms. The molecule has 0 aliphatic carbocycles. The van der Waals surface area contributed by atoms with Gasteiger partial charge in [-0.2, -0.15) is 0 Å². The van der Waals surface area contributed by atoms with E-state index < -0.39 is 11.9 Å². The number of aromatic nitrogens is 2. The molecule has 3 rings (SSSR count). The summed E-state index contributed by atoms with van der Waals surface area (Å²) in [4.78, 5) is 30.8. The van der Waals surface area contributed by atoms with Gasteiger partial charge in [-0.25, -0.2) is 4.98 Å². The van der Waals surface area contributed by atoms with Crippen molar-refractivity contribution in [3.63, 3.8) is 0 Å². The Balaban J connectivity index is 1.46. The molecule has 0 aromatic carbocycles. The quantitative estimate of drug-likeness (QED) is 0.841. The van der Waals surface area contributed by atoms with E-state index in [9.17, 15) is 9.59 Å². The number of furan rings is 1. The number of nitrogens with zero attached hydrogens (tertiary/aromatic N) is 3. The average Bonchev–Trinajstić information content (AvgIpc) is 3.27. The zero-order valence-corrected chi connectivity index (χ0v) is 14.4. The third-order valence-corrected chi connectivity index (χ3v) is 4.41. The Bertz CT molecular complexity index is 716. The number of piperidine rings is 1. The molecule has 2 N–H and O–H groups in total. The first kappa shape index (κ1) is 17.1. The monoisotopic (exact) mass is 345 g/mol. The van der Waals surface area contributed by atoms with Crippen LogP contribution in [0.5, 0.6) is 0 Å². The lowest BCUT2D eigenvalue weighted by Gasteiger charge is -2.33. The molecular weight excluding hydrogens is 322 g/mol. The lowest BCUT2D eigenvalue weighted by Crippen LogP contribution is -2.51. The summed E-state index contributed by atoms with van der Waals surface area (Å²) < 4.78 is 7.02. The van der Waals surface area contributed by atoms with Crippen LogP contribution in [-0.2, 0) is 11.8 Å². The molecule has 1 atom stereocenters. The van der Waals surface area contributed by atoms with Crippen molar-refractivity contribution >= 4 is 17.8 Å². The molecule has 25 heavy (non-hydrogen) atoms. The van der Waals surface area contributed by atoms with Gasteiger partial charge in [0.2, 0.25) is 11.9 Å². The van der Waals surface area contributed by atoms with Crippen LogP contribution in [0.1, 0.15) is 30.3 Å². The van der Waals surface area contributed by atoms with Crippen molar-refractivity contribution in [1.29, 1.82) is 0 Å². The number of hydrogen-bond donors (Lipinski definition) is 2. The predicted molar refractivity (Wildman–Crippen MR) is 92.2 cm³/mol. The minimum absolute atomic E-state index is 0.104. The number of nitrogens with one attached hydrogen (secondary N) is 2. The van der Waals surface area contributed by atoms with Crippen molar-refractivity contribution in [1.82, 2.24) is 20.2 Å². The van der Waals surface area contributed by atoms with Gasteiger partial charge in [0.1, 0.15) is 6.04 Å². The van der Waals surface area contributed by atoms with Crippen LogP contribution in [0.25, 0.3) is 0 Å². The van der Waals surface area contributed by atoms with Crippen LogP contribution in [-0.4, -0.2) is 46.5 Å². The number of anilines is 1. The number of imidazole rings is 1. The molecule has 2 aromatic heterocycles. The van der Waals surface area contributed by atoms with Crippen molar-refractivity contribution in [2.24, 2.45) is 7.05 Å². The fraction of sp³-hybridized carbons (Fsp3) is 0.471. The molecule has 1 aliphatic heterocycles. The van der Waals surface area contributed by atoms with Crippen molar-refractivity contribution < 1.29 is 14.0 Å². The Labute approximate surface area is 146 Å². The highest BCUT2D eigenvalue weighted by Crippen LogP contribution is 2.17. The Morgan fingerprint density at radius 2 is 2.12 bits per heavy atom. The van der Waals surface area contributed by atoms with Crippen molar-refractivity contribution in [3.8, 4) is 0 Å². The summed E-state index contributed by atoms with van der Waals surface area (Å²) in [5.41, 5.74) is 0. The summed E-state index contributed by atoms with van der Waals surface area (Å²) in [6, 6.07) is 2.68. The second-order valence-corrected chi connectivity index (χ2v) is 6.28. The van der Waals surface area contributed by atoms with Crippen LogP contribution < -0.4 is 15.5 Å². The number of aryl methyl sites for hydroxylation is 1. The molecule has 0 saturated carbocycles. The van der Waals surface area contributed by atoms with E-state index in [0.29, 0.717) is 0 Å². The van der Waals surface area contributed by atoms with E-state index >= 15 is 0 Å². The first-order chi connectivity index (χ1) is 12.0. The van der Waals surface area contributed by atoms with E-state index in [1.165, 1.54) is 6.26 Å². The molecule has 1 fully saturated rings. The summed E-state index contributed by atoms with van der Waals surface area (Å²) in [6.45, 7) is 3.34. The first-order valence-electron chi connectivity index (χ1n) is 8.41. The fourth-order valence-corrected chi connectivity index (χ4v) is 2.95. The van der Waals surface area contributed by atoms with Crippen LogP contribution in [0, 0.1) is 0 Å². The second-order valence-electron chi connectivity index (χ2n) is 6.28. The van der Waals surface area contributed by atoms with Gasteiger partial charge < -0.3 is 24.5 Å². The van der Waals surface area contributed by atoms with E-state index in [0.717, 1.165) is 31.9 Å². The second kappa shape index (κ2) is 7.42. The van der Waals surface area contributed by atoms with Crippen LogP contribution in [0.15, 0.2) is 35.2 Å². The molecule has 3 heterocycles. The zero-order valence-electron chi connectivity index (χ0n) is 14.4. The molecular formula is C17H23N5O3. The number of carbonyl (C=O) groups excluding carboxylic acids is 2. The standard InChI is InChI=1S/C17H23N5O3/c1-12(19-16(24)14-4-3-11-25-14)15(23)20-13-5-8-22(9-6-13)17-18-7-10-21(17)2/h3-4,7,10-13H,5-6,8-9H2,1-2H3,(H,19,24)(H,20,23)/t12-/m0/s1. The summed E-state index contributed by atoms with van der Waals surface area (Å²) in [5.74, 6) is 0.569. The van der Waals surface area contributed by atoms with Gasteiger partial charge in [-0.05, 0) is 31.9 Å². The predicted octanol–water partition coefficient (Wildman–Crippen LogP) is 0.917. The Morgan fingerprint density at radius 1 is 1.36 bits per heavy atom. The first-order valence-corrected chi connectivity index (χ1v) is 8.41. The maximum Gasteiger partial charge on any atom is 0.287 e. The Kier molecular flexibility index (Phi) is 5.06.